The third kappa shape index (κ3) is 2.30. The molecule has 0 radical (unpaired) electrons. The van der Waals surface area contributed by atoms with Crippen molar-refractivity contribution in [1.29, 1.82) is 0 Å². The van der Waals surface area contributed by atoms with Gasteiger partial charge in [-0.15, -0.1) is 11.3 Å². The third-order valence-corrected chi connectivity index (χ3v) is 7.14. The van der Waals surface area contributed by atoms with E-state index in [1.54, 1.807) is 16.0 Å². The van der Waals surface area contributed by atoms with E-state index in [9.17, 15) is 0 Å². The fraction of sp³-hybridized carbons (Fsp3) is 0.778. The highest BCUT2D eigenvalue weighted by Crippen LogP contribution is 2.53. The minimum Gasteiger partial charge on any atom is -0.366 e. The predicted octanol–water partition coefficient (Wildman–Crippen LogP) is 5.25. The molecule has 0 aliphatic heterocycles. The van der Waals surface area contributed by atoms with E-state index in [1.807, 2.05) is 0 Å². The quantitative estimate of drug-likeness (QED) is 0.735. The summed E-state index contributed by atoms with van der Waals surface area (Å²) in [6.07, 6.45) is 5.51. The van der Waals surface area contributed by atoms with Crippen LogP contribution in [0.5, 0.6) is 0 Å². The Morgan fingerprint density at radius 1 is 1.10 bits per heavy atom. The highest BCUT2D eigenvalue weighted by Gasteiger charge is 2.41. The molecule has 0 unspecified atom stereocenters. The first kappa shape index (κ1) is 14.4. The normalized spacial score (nSPS) is 23.5. The lowest BCUT2D eigenvalue weighted by molar-refractivity contribution is 0.337. The molecular formula is C18H29NS. The SMILES string of the molecule is Cc1c(N(C)CC2CC2)sc2c1C(C)(C)CCC2(C)C. The Morgan fingerprint density at radius 3 is 2.25 bits per heavy atom. The minimum atomic E-state index is 0.351. The van der Waals surface area contributed by atoms with Crippen LogP contribution in [0.2, 0.25) is 0 Å². The lowest BCUT2D eigenvalue weighted by Gasteiger charge is -2.39. The van der Waals surface area contributed by atoms with Gasteiger partial charge in [-0.3, -0.25) is 0 Å². The molecule has 0 N–H and O–H groups in total. The second-order valence-corrected chi connectivity index (χ2v) is 9.33. The average Bonchev–Trinajstić information content (AvgIpc) is 3.06. The summed E-state index contributed by atoms with van der Waals surface area (Å²) in [5.74, 6) is 0.958. The van der Waals surface area contributed by atoms with Crippen LogP contribution in [-0.2, 0) is 10.8 Å². The van der Waals surface area contributed by atoms with E-state index in [0.29, 0.717) is 10.8 Å². The molecule has 2 heteroatoms. The zero-order valence-electron chi connectivity index (χ0n) is 14.0. The van der Waals surface area contributed by atoms with Crippen LogP contribution in [0.4, 0.5) is 5.00 Å². The van der Waals surface area contributed by atoms with E-state index in [1.165, 1.54) is 37.2 Å². The number of nitrogens with zero attached hydrogens (tertiary/aromatic N) is 1. The molecule has 0 bridgehead atoms. The molecule has 2 aliphatic carbocycles. The summed E-state index contributed by atoms with van der Waals surface area (Å²) < 4.78 is 0. The van der Waals surface area contributed by atoms with Crippen LogP contribution in [0.3, 0.4) is 0 Å². The van der Waals surface area contributed by atoms with Crippen LogP contribution in [0.25, 0.3) is 0 Å². The summed E-state index contributed by atoms with van der Waals surface area (Å²) >= 11 is 2.07. The maximum Gasteiger partial charge on any atom is 0.0941 e. The Labute approximate surface area is 128 Å². The lowest BCUT2D eigenvalue weighted by atomic mass is 9.66. The molecule has 3 rings (SSSR count). The van der Waals surface area contributed by atoms with Gasteiger partial charge in [0.25, 0.3) is 0 Å². The molecule has 0 atom stereocenters. The van der Waals surface area contributed by atoms with Crippen LogP contribution in [0, 0.1) is 12.8 Å². The molecule has 20 heavy (non-hydrogen) atoms. The van der Waals surface area contributed by atoms with Crippen LogP contribution in [0.15, 0.2) is 0 Å². The standard InChI is InChI=1S/C18H29NS/c1-12-14-15(18(4,5)10-9-17(14,2)3)20-16(12)19(6)11-13-7-8-13/h13H,7-11H2,1-6H3. The third-order valence-electron chi connectivity index (χ3n) is 5.36. The highest BCUT2D eigenvalue weighted by molar-refractivity contribution is 7.16. The summed E-state index contributed by atoms with van der Waals surface area (Å²) in [6.45, 7) is 13.3. The van der Waals surface area contributed by atoms with Crippen LogP contribution in [-0.4, -0.2) is 13.6 Å². The van der Waals surface area contributed by atoms with Crippen molar-refractivity contribution in [2.75, 3.05) is 18.5 Å². The van der Waals surface area contributed by atoms with E-state index < -0.39 is 0 Å². The summed E-state index contributed by atoms with van der Waals surface area (Å²) in [4.78, 5) is 4.19. The van der Waals surface area contributed by atoms with Gasteiger partial charge in [-0.2, -0.15) is 0 Å². The molecule has 112 valence electrons. The van der Waals surface area contributed by atoms with Gasteiger partial charge in [-0.05, 0) is 60.5 Å². The molecule has 1 aromatic rings. The van der Waals surface area contributed by atoms with E-state index in [0.717, 1.165) is 5.92 Å². The number of fused-ring (bicyclic) bond motifs is 1. The van der Waals surface area contributed by atoms with Gasteiger partial charge < -0.3 is 4.90 Å². The van der Waals surface area contributed by atoms with Gasteiger partial charge in [0.1, 0.15) is 0 Å². The molecule has 0 spiro atoms. The van der Waals surface area contributed by atoms with Gasteiger partial charge in [-0.25, -0.2) is 0 Å². The van der Waals surface area contributed by atoms with Crippen LogP contribution in [0.1, 0.15) is 69.4 Å². The second kappa shape index (κ2) is 4.50. The Kier molecular flexibility index (Phi) is 3.25. The second-order valence-electron chi connectivity index (χ2n) is 8.33. The first-order valence-electron chi connectivity index (χ1n) is 8.08. The van der Waals surface area contributed by atoms with Crippen molar-refractivity contribution in [3.8, 4) is 0 Å². The molecule has 1 nitrogen and oxygen atoms in total. The van der Waals surface area contributed by atoms with Crippen molar-refractivity contribution in [3.05, 3.63) is 16.0 Å². The minimum absolute atomic E-state index is 0.351. The molecule has 1 fully saturated rings. The molecule has 1 saturated carbocycles. The largest absolute Gasteiger partial charge is 0.366 e. The van der Waals surface area contributed by atoms with Gasteiger partial charge >= 0.3 is 0 Å². The molecule has 1 heterocycles. The van der Waals surface area contributed by atoms with Gasteiger partial charge in [-0.1, -0.05) is 27.7 Å². The number of thiophene rings is 1. The van der Waals surface area contributed by atoms with Gasteiger partial charge in [0.2, 0.25) is 0 Å². The topological polar surface area (TPSA) is 3.24 Å². The summed E-state index contributed by atoms with van der Waals surface area (Å²) in [7, 11) is 2.29. The average molecular weight is 292 g/mol. The molecular weight excluding hydrogens is 262 g/mol. The summed E-state index contributed by atoms with van der Waals surface area (Å²) in [6, 6.07) is 0. The highest BCUT2D eigenvalue weighted by atomic mass is 32.1. The molecule has 2 aliphatic rings. The summed E-state index contributed by atoms with van der Waals surface area (Å²) in [5, 5.41) is 1.53. The fourth-order valence-electron chi connectivity index (χ4n) is 3.79. The molecule has 0 aromatic carbocycles. The first-order valence-corrected chi connectivity index (χ1v) is 8.89. The van der Waals surface area contributed by atoms with Crippen LogP contribution < -0.4 is 4.90 Å². The van der Waals surface area contributed by atoms with Crippen molar-refractivity contribution in [2.45, 2.75) is 71.1 Å². The van der Waals surface area contributed by atoms with Crippen molar-refractivity contribution in [2.24, 2.45) is 5.92 Å². The zero-order chi connectivity index (χ0) is 14.7. The molecule has 0 amide bonds. The van der Waals surface area contributed by atoms with Crippen molar-refractivity contribution in [3.63, 3.8) is 0 Å². The number of anilines is 1. The smallest absolute Gasteiger partial charge is 0.0941 e. The van der Waals surface area contributed by atoms with E-state index in [4.69, 9.17) is 0 Å². The monoisotopic (exact) mass is 291 g/mol. The van der Waals surface area contributed by atoms with Crippen molar-refractivity contribution in [1.82, 2.24) is 0 Å². The van der Waals surface area contributed by atoms with Crippen molar-refractivity contribution >= 4 is 16.3 Å². The zero-order valence-corrected chi connectivity index (χ0v) is 14.8. The Morgan fingerprint density at radius 2 is 1.70 bits per heavy atom. The molecule has 0 saturated heterocycles. The van der Waals surface area contributed by atoms with Gasteiger partial charge in [0.15, 0.2) is 0 Å². The van der Waals surface area contributed by atoms with E-state index in [2.05, 4.69) is 57.9 Å². The van der Waals surface area contributed by atoms with E-state index >= 15 is 0 Å². The number of hydrogen-bond donors (Lipinski definition) is 0. The van der Waals surface area contributed by atoms with Gasteiger partial charge in [0.05, 0.1) is 5.00 Å². The Hall–Kier alpha value is -0.500. The summed E-state index contributed by atoms with van der Waals surface area (Å²) in [5.41, 5.74) is 3.94. The first-order chi connectivity index (χ1) is 9.22. The maximum absolute atomic E-state index is 2.53. The van der Waals surface area contributed by atoms with E-state index in [-0.39, 0.29) is 0 Å². The Bertz CT molecular complexity index is 520. The fourth-order valence-corrected chi connectivity index (χ4v) is 5.38. The number of rotatable bonds is 3. The Balaban J connectivity index is 2.04. The van der Waals surface area contributed by atoms with Crippen molar-refractivity contribution < 1.29 is 0 Å². The predicted molar refractivity (Wildman–Crippen MR) is 90.3 cm³/mol. The molecule has 1 aromatic heterocycles. The maximum atomic E-state index is 2.53. The van der Waals surface area contributed by atoms with Crippen LogP contribution >= 0.6 is 11.3 Å². The lowest BCUT2D eigenvalue weighted by Crippen LogP contribution is -2.32. The van der Waals surface area contributed by atoms with Gasteiger partial charge in [0, 0.05) is 18.5 Å². The number of hydrogen-bond acceptors (Lipinski definition) is 2.